The lowest BCUT2D eigenvalue weighted by Crippen LogP contribution is -2.13. The summed E-state index contributed by atoms with van der Waals surface area (Å²) in [5, 5.41) is 0. The average molecular weight is 328 g/mol. The van der Waals surface area contributed by atoms with Crippen LogP contribution in [-0.4, -0.2) is 14.3 Å². The Kier molecular flexibility index (Phi) is 5.20. The fraction of sp³-hybridized carbons (Fsp3) is 0.200. The van der Waals surface area contributed by atoms with Crippen LogP contribution in [0.15, 0.2) is 53.4 Å². The molecule has 0 spiro atoms. The summed E-state index contributed by atoms with van der Waals surface area (Å²) in [5.41, 5.74) is 1.49. The molecule has 0 aliphatic rings. The third kappa shape index (κ3) is 4.44. The van der Waals surface area contributed by atoms with E-state index in [4.69, 9.17) is 11.6 Å². The van der Waals surface area contributed by atoms with Crippen LogP contribution < -0.4 is 4.72 Å². The van der Waals surface area contributed by atoms with Gasteiger partial charge in [0, 0.05) is 11.6 Å². The van der Waals surface area contributed by atoms with Crippen LogP contribution in [0, 0.1) is 5.82 Å². The fourth-order valence-electron chi connectivity index (χ4n) is 1.89. The molecule has 0 aromatic heterocycles. The van der Waals surface area contributed by atoms with Gasteiger partial charge in [0.15, 0.2) is 0 Å². The number of aryl methyl sites for hydroxylation is 1. The predicted molar refractivity (Wildman–Crippen MR) is 82.7 cm³/mol. The Morgan fingerprint density at radius 2 is 1.81 bits per heavy atom. The lowest BCUT2D eigenvalue weighted by Gasteiger charge is -2.09. The number of alkyl halides is 1. The minimum atomic E-state index is -3.71. The molecule has 0 radical (unpaired) electrons. The third-order valence-corrected chi connectivity index (χ3v) is 4.57. The van der Waals surface area contributed by atoms with E-state index in [9.17, 15) is 12.8 Å². The number of nitrogens with one attached hydrogen (secondary N) is 1. The van der Waals surface area contributed by atoms with Gasteiger partial charge in [0.2, 0.25) is 0 Å². The van der Waals surface area contributed by atoms with Crippen molar-refractivity contribution in [2.24, 2.45) is 0 Å². The highest BCUT2D eigenvalue weighted by atomic mass is 35.5. The number of rotatable bonds is 6. The smallest absolute Gasteiger partial charge is 0.261 e. The third-order valence-electron chi connectivity index (χ3n) is 2.90. The van der Waals surface area contributed by atoms with Gasteiger partial charge in [-0.15, -0.1) is 11.6 Å². The van der Waals surface area contributed by atoms with Gasteiger partial charge in [-0.3, -0.25) is 4.72 Å². The van der Waals surface area contributed by atoms with E-state index in [0.717, 1.165) is 30.5 Å². The molecule has 0 unspecified atom stereocenters. The normalized spacial score (nSPS) is 11.3. The highest BCUT2D eigenvalue weighted by Gasteiger charge is 2.14. The maximum Gasteiger partial charge on any atom is 0.261 e. The van der Waals surface area contributed by atoms with Crippen LogP contribution in [0.4, 0.5) is 10.1 Å². The first kappa shape index (κ1) is 15.8. The maximum absolute atomic E-state index is 12.8. The number of benzene rings is 2. The molecule has 21 heavy (non-hydrogen) atoms. The van der Waals surface area contributed by atoms with Gasteiger partial charge in [0.1, 0.15) is 5.82 Å². The van der Waals surface area contributed by atoms with Gasteiger partial charge in [-0.25, -0.2) is 12.8 Å². The monoisotopic (exact) mass is 327 g/mol. The van der Waals surface area contributed by atoms with E-state index in [1.807, 2.05) is 6.07 Å². The summed E-state index contributed by atoms with van der Waals surface area (Å²) in [7, 11) is -3.71. The van der Waals surface area contributed by atoms with Crippen LogP contribution in [0.1, 0.15) is 12.0 Å². The number of sulfonamides is 1. The van der Waals surface area contributed by atoms with Gasteiger partial charge in [-0.2, -0.15) is 0 Å². The molecule has 0 saturated heterocycles. The molecule has 2 rings (SSSR count). The molecule has 0 amide bonds. The lowest BCUT2D eigenvalue weighted by molar-refractivity contribution is 0.599. The minimum absolute atomic E-state index is 0.0232. The Morgan fingerprint density at radius 3 is 2.48 bits per heavy atom. The standard InChI is InChI=1S/C15H15ClFNO2S/c16-10-2-4-12-3-1-5-14(11-12)18-21(19,20)15-8-6-13(17)7-9-15/h1,3,5-9,11,18H,2,4,10H2. The van der Waals surface area contributed by atoms with Crippen molar-refractivity contribution in [1.82, 2.24) is 0 Å². The summed E-state index contributed by atoms with van der Waals surface area (Å²) in [6.45, 7) is 0. The molecule has 0 fully saturated rings. The topological polar surface area (TPSA) is 46.2 Å². The number of hydrogen-bond acceptors (Lipinski definition) is 2. The van der Waals surface area contributed by atoms with E-state index in [0.29, 0.717) is 11.6 Å². The van der Waals surface area contributed by atoms with Crippen LogP contribution >= 0.6 is 11.6 Å². The van der Waals surface area contributed by atoms with Crippen molar-refractivity contribution in [2.75, 3.05) is 10.6 Å². The van der Waals surface area contributed by atoms with E-state index in [-0.39, 0.29) is 4.90 Å². The van der Waals surface area contributed by atoms with Crippen LogP contribution in [0.5, 0.6) is 0 Å². The first-order valence-electron chi connectivity index (χ1n) is 6.44. The van der Waals surface area contributed by atoms with E-state index < -0.39 is 15.8 Å². The number of anilines is 1. The highest BCUT2D eigenvalue weighted by Crippen LogP contribution is 2.18. The second kappa shape index (κ2) is 6.91. The number of hydrogen-bond donors (Lipinski definition) is 1. The minimum Gasteiger partial charge on any atom is -0.280 e. The van der Waals surface area contributed by atoms with Crippen molar-refractivity contribution in [3.05, 3.63) is 59.9 Å². The molecule has 0 aliphatic heterocycles. The Hall–Kier alpha value is -1.59. The van der Waals surface area contributed by atoms with Gasteiger partial charge in [-0.05, 0) is 54.8 Å². The van der Waals surface area contributed by atoms with Crippen molar-refractivity contribution in [1.29, 1.82) is 0 Å². The van der Waals surface area contributed by atoms with E-state index in [1.165, 1.54) is 12.1 Å². The molecule has 0 aliphatic carbocycles. The summed E-state index contributed by atoms with van der Waals surface area (Å²) < 4.78 is 39.7. The van der Waals surface area contributed by atoms with E-state index in [2.05, 4.69) is 4.72 Å². The predicted octanol–water partition coefficient (Wildman–Crippen LogP) is 3.80. The Balaban J connectivity index is 2.18. The molecule has 1 N–H and O–H groups in total. The van der Waals surface area contributed by atoms with Crippen LogP contribution in [0.3, 0.4) is 0 Å². The second-order valence-corrected chi connectivity index (χ2v) is 6.61. The molecule has 2 aromatic carbocycles. The lowest BCUT2D eigenvalue weighted by atomic mass is 10.1. The van der Waals surface area contributed by atoms with Gasteiger partial charge in [0.05, 0.1) is 4.90 Å². The first-order chi connectivity index (χ1) is 10.0. The van der Waals surface area contributed by atoms with E-state index >= 15 is 0 Å². The Morgan fingerprint density at radius 1 is 1.10 bits per heavy atom. The van der Waals surface area contributed by atoms with Crippen molar-refractivity contribution >= 4 is 27.3 Å². The Labute approximate surface area is 128 Å². The van der Waals surface area contributed by atoms with Crippen LogP contribution in [0.25, 0.3) is 0 Å². The largest absolute Gasteiger partial charge is 0.280 e. The molecule has 0 heterocycles. The molecule has 2 aromatic rings. The van der Waals surface area contributed by atoms with Gasteiger partial charge in [-0.1, -0.05) is 12.1 Å². The zero-order valence-electron chi connectivity index (χ0n) is 11.2. The van der Waals surface area contributed by atoms with Gasteiger partial charge < -0.3 is 0 Å². The molecule has 112 valence electrons. The summed E-state index contributed by atoms with van der Waals surface area (Å²) in [5.74, 6) is 0.0861. The molecule has 0 atom stereocenters. The molecular formula is C15H15ClFNO2S. The molecular weight excluding hydrogens is 313 g/mol. The maximum atomic E-state index is 12.8. The van der Waals surface area contributed by atoms with Gasteiger partial charge >= 0.3 is 0 Å². The SMILES string of the molecule is O=S(=O)(Nc1cccc(CCCCl)c1)c1ccc(F)cc1. The zero-order chi connectivity index (χ0) is 15.3. The highest BCUT2D eigenvalue weighted by molar-refractivity contribution is 7.92. The van der Waals surface area contributed by atoms with Crippen molar-refractivity contribution in [3.8, 4) is 0 Å². The summed E-state index contributed by atoms with van der Waals surface area (Å²) in [6.07, 6.45) is 1.62. The average Bonchev–Trinajstić information content (AvgIpc) is 2.45. The summed E-state index contributed by atoms with van der Waals surface area (Å²) >= 11 is 5.65. The van der Waals surface area contributed by atoms with Crippen molar-refractivity contribution < 1.29 is 12.8 Å². The molecule has 0 bridgehead atoms. The quantitative estimate of drug-likeness (QED) is 0.820. The van der Waals surface area contributed by atoms with Crippen molar-refractivity contribution in [3.63, 3.8) is 0 Å². The molecule has 0 saturated carbocycles. The zero-order valence-corrected chi connectivity index (χ0v) is 12.8. The van der Waals surface area contributed by atoms with Crippen molar-refractivity contribution in [2.45, 2.75) is 17.7 Å². The summed E-state index contributed by atoms with van der Waals surface area (Å²) in [6, 6.07) is 11.8. The summed E-state index contributed by atoms with van der Waals surface area (Å²) in [4.78, 5) is 0.0232. The van der Waals surface area contributed by atoms with Gasteiger partial charge in [0.25, 0.3) is 10.0 Å². The van der Waals surface area contributed by atoms with Crippen LogP contribution in [0.2, 0.25) is 0 Å². The second-order valence-electron chi connectivity index (χ2n) is 4.55. The molecule has 6 heteroatoms. The van der Waals surface area contributed by atoms with E-state index in [1.54, 1.807) is 18.2 Å². The molecule has 3 nitrogen and oxygen atoms in total. The number of halogens is 2. The van der Waals surface area contributed by atoms with Crippen LogP contribution in [-0.2, 0) is 16.4 Å². The Bertz CT molecular complexity index is 702. The first-order valence-corrected chi connectivity index (χ1v) is 8.46. The fourth-order valence-corrected chi connectivity index (χ4v) is 3.07.